The minimum atomic E-state index is 0.660. The molecule has 1 aliphatic rings. The highest BCUT2D eigenvalue weighted by atomic mass is 16.5. The smallest absolute Gasteiger partial charge is 0.151 e. The molecule has 0 saturated carbocycles. The minimum absolute atomic E-state index is 0.660. The molecule has 0 atom stereocenters. The van der Waals surface area contributed by atoms with Crippen molar-refractivity contribution in [1.82, 2.24) is 4.98 Å². The third-order valence-electron chi connectivity index (χ3n) is 4.15. The largest absolute Gasteiger partial charge is 0.497 e. The molecule has 2 aromatic rings. The molecule has 1 N–H and O–H groups in total. The summed E-state index contributed by atoms with van der Waals surface area (Å²) in [5.74, 6) is 2.71. The molecule has 0 spiro atoms. The number of hydrogen-bond donors (Lipinski definition) is 1. The SMILES string of the molecule is COc1ccc(OC)c(CNc2cccnc2N2CCCC2)c1. The number of aromatic nitrogens is 1. The molecule has 0 radical (unpaired) electrons. The maximum atomic E-state index is 5.44. The fraction of sp³-hybridized carbons (Fsp3) is 0.389. The number of anilines is 2. The Bertz CT molecular complexity index is 654. The lowest BCUT2D eigenvalue weighted by Crippen LogP contribution is -2.20. The van der Waals surface area contributed by atoms with Crippen molar-refractivity contribution in [2.75, 3.05) is 37.5 Å². The summed E-state index contributed by atoms with van der Waals surface area (Å²) in [6.45, 7) is 2.81. The molecule has 1 aromatic carbocycles. The number of methoxy groups -OCH3 is 2. The van der Waals surface area contributed by atoms with Crippen LogP contribution in [0.25, 0.3) is 0 Å². The number of nitrogens with one attached hydrogen (secondary N) is 1. The number of hydrogen-bond acceptors (Lipinski definition) is 5. The first-order valence-electron chi connectivity index (χ1n) is 7.96. The van der Waals surface area contributed by atoms with Crippen molar-refractivity contribution >= 4 is 11.5 Å². The summed E-state index contributed by atoms with van der Waals surface area (Å²) in [5, 5.41) is 3.49. The third-order valence-corrected chi connectivity index (χ3v) is 4.15. The number of benzene rings is 1. The van der Waals surface area contributed by atoms with Gasteiger partial charge in [0, 0.05) is 31.4 Å². The Labute approximate surface area is 137 Å². The zero-order valence-electron chi connectivity index (χ0n) is 13.7. The van der Waals surface area contributed by atoms with Gasteiger partial charge in [0.05, 0.1) is 19.9 Å². The van der Waals surface area contributed by atoms with Gasteiger partial charge in [-0.2, -0.15) is 0 Å². The Morgan fingerprint density at radius 3 is 2.70 bits per heavy atom. The summed E-state index contributed by atoms with van der Waals surface area (Å²) in [6.07, 6.45) is 4.32. The molecule has 0 aliphatic carbocycles. The van der Waals surface area contributed by atoms with Crippen LogP contribution in [0.4, 0.5) is 11.5 Å². The van der Waals surface area contributed by atoms with Crippen molar-refractivity contribution in [3.8, 4) is 11.5 Å². The third kappa shape index (κ3) is 3.50. The molecule has 5 nitrogen and oxygen atoms in total. The standard InChI is InChI=1S/C18H23N3O2/c1-22-15-7-8-17(23-2)14(12-15)13-20-16-6-5-9-19-18(16)21-10-3-4-11-21/h5-9,12,20H,3-4,10-11,13H2,1-2H3. The van der Waals surface area contributed by atoms with Gasteiger partial charge in [-0.3, -0.25) is 0 Å². The zero-order valence-corrected chi connectivity index (χ0v) is 13.7. The van der Waals surface area contributed by atoms with Crippen molar-refractivity contribution in [2.24, 2.45) is 0 Å². The van der Waals surface area contributed by atoms with Crippen LogP contribution < -0.4 is 19.7 Å². The topological polar surface area (TPSA) is 46.6 Å². The van der Waals surface area contributed by atoms with E-state index in [1.54, 1.807) is 14.2 Å². The summed E-state index contributed by atoms with van der Waals surface area (Å²) in [5.41, 5.74) is 2.11. The van der Waals surface area contributed by atoms with Gasteiger partial charge in [-0.1, -0.05) is 0 Å². The molecule has 0 unspecified atom stereocenters. The van der Waals surface area contributed by atoms with E-state index in [1.165, 1.54) is 12.8 Å². The van der Waals surface area contributed by atoms with Gasteiger partial charge in [0.15, 0.2) is 5.82 Å². The summed E-state index contributed by atoms with van der Waals surface area (Å²) in [7, 11) is 3.36. The summed E-state index contributed by atoms with van der Waals surface area (Å²) < 4.78 is 10.7. The van der Waals surface area contributed by atoms with Crippen LogP contribution >= 0.6 is 0 Å². The molecule has 1 aromatic heterocycles. The van der Waals surface area contributed by atoms with Crippen LogP contribution in [0.5, 0.6) is 11.5 Å². The Hall–Kier alpha value is -2.43. The maximum absolute atomic E-state index is 5.44. The average molecular weight is 313 g/mol. The van der Waals surface area contributed by atoms with Crippen LogP contribution in [0.3, 0.4) is 0 Å². The van der Waals surface area contributed by atoms with Crippen molar-refractivity contribution in [3.63, 3.8) is 0 Å². The fourth-order valence-corrected chi connectivity index (χ4v) is 2.93. The predicted octanol–water partition coefficient (Wildman–Crippen LogP) is 3.31. The fourth-order valence-electron chi connectivity index (χ4n) is 2.93. The minimum Gasteiger partial charge on any atom is -0.497 e. The Morgan fingerprint density at radius 1 is 1.13 bits per heavy atom. The highest BCUT2D eigenvalue weighted by Gasteiger charge is 2.17. The first-order valence-corrected chi connectivity index (χ1v) is 7.96. The van der Waals surface area contributed by atoms with Crippen LogP contribution in [0.15, 0.2) is 36.5 Å². The second kappa shape index (κ2) is 7.22. The molecule has 1 fully saturated rings. The molecular weight excluding hydrogens is 290 g/mol. The first-order chi connectivity index (χ1) is 11.3. The Balaban J connectivity index is 1.78. The van der Waals surface area contributed by atoms with Gasteiger partial charge in [0.1, 0.15) is 11.5 Å². The Morgan fingerprint density at radius 2 is 1.96 bits per heavy atom. The summed E-state index contributed by atoms with van der Waals surface area (Å²) in [6, 6.07) is 9.87. The van der Waals surface area contributed by atoms with Gasteiger partial charge >= 0.3 is 0 Å². The van der Waals surface area contributed by atoms with E-state index in [4.69, 9.17) is 9.47 Å². The van der Waals surface area contributed by atoms with Crippen molar-refractivity contribution in [2.45, 2.75) is 19.4 Å². The molecule has 0 bridgehead atoms. The molecule has 122 valence electrons. The number of nitrogens with zero attached hydrogens (tertiary/aromatic N) is 2. The molecule has 3 rings (SSSR count). The van der Waals surface area contributed by atoms with E-state index in [9.17, 15) is 0 Å². The van der Waals surface area contributed by atoms with Gasteiger partial charge in [-0.25, -0.2) is 4.98 Å². The monoisotopic (exact) mass is 313 g/mol. The van der Waals surface area contributed by atoms with Crippen LogP contribution in [0.2, 0.25) is 0 Å². The summed E-state index contributed by atoms with van der Waals surface area (Å²) in [4.78, 5) is 6.90. The normalized spacial score (nSPS) is 13.9. The number of ether oxygens (including phenoxy) is 2. The molecule has 1 aliphatic heterocycles. The quantitative estimate of drug-likeness (QED) is 0.886. The van der Waals surface area contributed by atoms with Crippen LogP contribution in [0.1, 0.15) is 18.4 Å². The van der Waals surface area contributed by atoms with E-state index in [0.29, 0.717) is 6.54 Å². The summed E-state index contributed by atoms with van der Waals surface area (Å²) >= 11 is 0. The van der Waals surface area contributed by atoms with Gasteiger partial charge in [-0.05, 0) is 43.2 Å². The highest BCUT2D eigenvalue weighted by Crippen LogP contribution is 2.29. The second-order valence-corrected chi connectivity index (χ2v) is 5.60. The first kappa shape index (κ1) is 15.5. The zero-order chi connectivity index (χ0) is 16.1. The van der Waals surface area contributed by atoms with E-state index in [2.05, 4.69) is 21.3 Å². The van der Waals surface area contributed by atoms with E-state index in [0.717, 1.165) is 41.7 Å². The lowest BCUT2D eigenvalue weighted by molar-refractivity contribution is 0.399. The average Bonchev–Trinajstić information content (AvgIpc) is 3.14. The van der Waals surface area contributed by atoms with E-state index in [1.807, 2.05) is 30.5 Å². The molecule has 5 heteroatoms. The second-order valence-electron chi connectivity index (χ2n) is 5.60. The molecule has 0 amide bonds. The lowest BCUT2D eigenvalue weighted by atomic mass is 10.2. The van der Waals surface area contributed by atoms with E-state index < -0.39 is 0 Å². The van der Waals surface area contributed by atoms with Gasteiger partial charge in [0.25, 0.3) is 0 Å². The van der Waals surface area contributed by atoms with Gasteiger partial charge in [-0.15, -0.1) is 0 Å². The van der Waals surface area contributed by atoms with E-state index >= 15 is 0 Å². The molecule has 23 heavy (non-hydrogen) atoms. The molecular formula is C18H23N3O2. The number of pyridine rings is 1. The van der Waals surface area contributed by atoms with Crippen molar-refractivity contribution < 1.29 is 9.47 Å². The molecule has 1 saturated heterocycles. The van der Waals surface area contributed by atoms with Crippen LogP contribution in [-0.2, 0) is 6.54 Å². The van der Waals surface area contributed by atoms with Gasteiger partial charge in [0.2, 0.25) is 0 Å². The van der Waals surface area contributed by atoms with Crippen molar-refractivity contribution in [3.05, 3.63) is 42.1 Å². The van der Waals surface area contributed by atoms with Gasteiger partial charge < -0.3 is 19.7 Å². The maximum Gasteiger partial charge on any atom is 0.151 e. The highest BCUT2D eigenvalue weighted by molar-refractivity contribution is 5.66. The van der Waals surface area contributed by atoms with Crippen molar-refractivity contribution in [1.29, 1.82) is 0 Å². The Kier molecular flexibility index (Phi) is 4.86. The van der Waals surface area contributed by atoms with Crippen LogP contribution in [-0.4, -0.2) is 32.3 Å². The van der Waals surface area contributed by atoms with E-state index in [-0.39, 0.29) is 0 Å². The van der Waals surface area contributed by atoms with Crippen LogP contribution in [0, 0.1) is 0 Å². The number of rotatable bonds is 6. The predicted molar refractivity (Wildman–Crippen MR) is 92.6 cm³/mol. The lowest BCUT2D eigenvalue weighted by Gasteiger charge is -2.21. The molecule has 2 heterocycles.